The summed E-state index contributed by atoms with van der Waals surface area (Å²) >= 11 is 0. The van der Waals surface area contributed by atoms with Crippen LogP contribution in [0.25, 0.3) is 76.8 Å². The van der Waals surface area contributed by atoms with E-state index in [-0.39, 0.29) is 12.0 Å². The molecular weight excluding hydrogens is 773 g/mol. The number of hydrogen-bond acceptors (Lipinski definition) is 2. The average Bonchev–Trinajstić information content (AvgIpc) is 3.37. The van der Waals surface area contributed by atoms with Gasteiger partial charge in [-0.2, -0.15) is 0 Å². The fourth-order valence-corrected chi connectivity index (χ4v) is 10.5. The van der Waals surface area contributed by atoms with Gasteiger partial charge in [0.05, 0.1) is 11.7 Å². The third-order valence-electron chi connectivity index (χ3n) is 13.5. The highest BCUT2D eigenvalue weighted by Gasteiger charge is 2.30. The number of anilines is 5. The van der Waals surface area contributed by atoms with Crippen LogP contribution in [0.3, 0.4) is 0 Å². The van der Waals surface area contributed by atoms with Crippen LogP contribution in [0, 0.1) is 5.92 Å². The van der Waals surface area contributed by atoms with Gasteiger partial charge in [0.2, 0.25) is 0 Å². The van der Waals surface area contributed by atoms with E-state index < -0.39 is 0 Å². The lowest BCUT2D eigenvalue weighted by Crippen LogP contribution is -2.37. The summed E-state index contributed by atoms with van der Waals surface area (Å²) in [5.41, 5.74) is 9.12. The van der Waals surface area contributed by atoms with Crippen LogP contribution >= 0.6 is 0 Å². The molecule has 2 nitrogen and oxygen atoms in total. The fraction of sp³-hybridized carbons (Fsp3) is 0.0323. The standard InChI is InChI=1S/C62H44N2/c1-3-41-27-31-45(32-28-41)63(59-25-13-17-43-15-5-7-19-49(43)59)47-35-37-53-51-21-9-12-24-56(51)62-58-40-48(36-38-54(58)52-22-10-11-23-55(52)61(62)57(53)39-47)64(46-33-29-42(4-2)30-34-46)60-26-14-18-44-16-6-8-20-50(44)60/h3-40,49,59H,1-2H2. The number of nitrogens with zero attached hydrogens (tertiary/aromatic N) is 2. The van der Waals surface area contributed by atoms with Gasteiger partial charge in [-0.25, -0.2) is 0 Å². The van der Waals surface area contributed by atoms with Gasteiger partial charge in [0, 0.05) is 34.1 Å². The molecule has 2 heteroatoms. The van der Waals surface area contributed by atoms with Crippen LogP contribution in [0.15, 0.2) is 237 Å². The smallest absolute Gasteiger partial charge is 0.0628 e. The fourth-order valence-electron chi connectivity index (χ4n) is 10.5. The molecule has 0 saturated carbocycles. The summed E-state index contributed by atoms with van der Waals surface area (Å²) in [7, 11) is 0. The van der Waals surface area contributed by atoms with Crippen molar-refractivity contribution in [3.05, 3.63) is 248 Å². The predicted octanol–water partition coefficient (Wildman–Crippen LogP) is 17.1. The number of hydrogen-bond donors (Lipinski definition) is 0. The van der Waals surface area contributed by atoms with Crippen molar-refractivity contribution in [2.75, 3.05) is 9.80 Å². The van der Waals surface area contributed by atoms with E-state index in [0.717, 1.165) is 39.6 Å². The van der Waals surface area contributed by atoms with Gasteiger partial charge in [-0.3, -0.25) is 0 Å². The van der Waals surface area contributed by atoms with Crippen molar-refractivity contribution in [2.45, 2.75) is 6.04 Å². The minimum absolute atomic E-state index is 0.0701. The topological polar surface area (TPSA) is 6.48 Å². The zero-order chi connectivity index (χ0) is 42.7. The molecule has 2 unspecified atom stereocenters. The van der Waals surface area contributed by atoms with Gasteiger partial charge >= 0.3 is 0 Å². The Morgan fingerprint density at radius 1 is 0.406 bits per heavy atom. The van der Waals surface area contributed by atoms with Crippen molar-refractivity contribution in [3.63, 3.8) is 0 Å². The van der Waals surface area contributed by atoms with Crippen LogP contribution in [-0.4, -0.2) is 6.04 Å². The lowest BCUT2D eigenvalue weighted by molar-refractivity contribution is 0.640. The zero-order valence-corrected chi connectivity index (χ0v) is 35.4. The molecule has 2 atom stereocenters. The summed E-state index contributed by atoms with van der Waals surface area (Å²) in [4.78, 5) is 4.95. The molecule has 0 aliphatic heterocycles. The van der Waals surface area contributed by atoms with Crippen LogP contribution in [0.2, 0.25) is 0 Å². The highest BCUT2D eigenvalue weighted by molar-refractivity contribution is 6.40. The normalized spacial score (nSPS) is 15.5. The van der Waals surface area contributed by atoms with Gasteiger partial charge in [-0.05, 0) is 131 Å². The Balaban J connectivity index is 1.16. The van der Waals surface area contributed by atoms with Gasteiger partial charge in [-0.1, -0.05) is 189 Å². The van der Waals surface area contributed by atoms with Gasteiger partial charge in [0.25, 0.3) is 0 Å². The van der Waals surface area contributed by atoms with Crippen molar-refractivity contribution in [2.24, 2.45) is 5.92 Å². The predicted molar refractivity (Wildman–Crippen MR) is 278 cm³/mol. The van der Waals surface area contributed by atoms with Crippen LogP contribution in [0.1, 0.15) is 11.1 Å². The number of rotatable bonds is 8. The molecule has 2 aliphatic carbocycles. The Morgan fingerprint density at radius 3 is 1.59 bits per heavy atom. The minimum Gasteiger partial charge on any atom is -0.334 e. The first-order valence-electron chi connectivity index (χ1n) is 22.1. The molecule has 0 N–H and O–H groups in total. The van der Waals surface area contributed by atoms with E-state index in [0.29, 0.717) is 0 Å². The minimum atomic E-state index is 0.0701. The highest BCUT2D eigenvalue weighted by atomic mass is 15.2. The molecule has 2 aliphatic rings. The SMILES string of the molecule is C=Cc1ccc(N(c2ccc3c4ccccc4c4c5cc(N(c6ccc(C=C)cc6)C6C=CC=C7C=CC=CC76)ccc5c5ccccc5c4c3c2)c2cccc3ccccc23)cc1. The molecule has 0 bridgehead atoms. The second kappa shape index (κ2) is 15.3. The van der Waals surface area contributed by atoms with Crippen molar-refractivity contribution in [3.8, 4) is 0 Å². The van der Waals surface area contributed by atoms with E-state index >= 15 is 0 Å². The Labute approximate surface area is 373 Å². The zero-order valence-electron chi connectivity index (χ0n) is 35.4. The van der Waals surface area contributed by atoms with E-state index in [2.05, 4.69) is 241 Å². The molecule has 0 saturated heterocycles. The Hall–Kier alpha value is -8.20. The maximum atomic E-state index is 4.05. The maximum absolute atomic E-state index is 4.05. The summed E-state index contributed by atoms with van der Waals surface area (Å²) in [5, 5.41) is 14.9. The largest absolute Gasteiger partial charge is 0.334 e. The first-order chi connectivity index (χ1) is 31.7. The van der Waals surface area contributed by atoms with Crippen molar-refractivity contribution < 1.29 is 0 Å². The maximum Gasteiger partial charge on any atom is 0.0628 e. The molecule has 10 aromatic rings. The Morgan fingerprint density at radius 2 is 0.938 bits per heavy atom. The van der Waals surface area contributed by atoms with E-state index in [1.165, 1.54) is 70.2 Å². The Kier molecular flexibility index (Phi) is 8.98. The van der Waals surface area contributed by atoms with Gasteiger partial charge < -0.3 is 9.80 Å². The average molecular weight is 817 g/mol. The molecule has 12 rings (SSSR count). The first kappa shape index (κ1) is 37.6. The molecule has 0 fully saturated rings. The van der Waals surface area contributed by atoms with Gasteiger partial charge in [0.15, 0.2) is 0 Å². The van der Waals surface area contributed by atoms with Crippen molar-refractivity contribution >= 4 is 105 Å². The lowest BCUT2D eigenvalue weighted by atomic mass is 9.83. The highest BCUT2D eigenvalue weighted by Crippen LogP contribution is 2.48. The van der Waals surface area contributed by atoms with Crippen LogP contribution in [-0.2, 0) is 0 Å². The van der Waals surface area contributed by atoms with Crippen LogP contribution < -0.4 is 9.80 Å². The van der Waals surface area contributed by atoms with Gasteiger partial charge in [-0.15, -0.1) is 0 Å². The summed E-state index contributed by atoms with van der Waals surface area (Å²) in [6.07, 6.45) is 19.6. The van der Waals surface area contributed by atoms with Gasteiger partial charge in [0.1, 0.15) is 0 Å². The molecule has 0 heterocycles. The number of fused-ring (bicyclic) bond motifs is 13. The number of allylic oxidation sites excluding steroid dienone is 5. The van der Waals surface area contributed by atoms with Crippen LogP contribution in [0.4, 0.5) is 28.4 Å². The summed E-state index contributed by atoms with van der Waals surface area (Å²) in [6, 6.07) is 65.2. The quantitative estimate of drug-likeness (QED) is 0.141. The molecular formula is C62H44N2. The van der Waals surface area contributed by atoms with Crippen molar-refractivity contribution in [1.29, 1.82) is 0 Å². The third kappa shape index (κ3) is 6.02. The molecule has 0 amide bonds. The molecule has 302 valence electrons. The second-order valence-corrected chi connectivity index (χ2v) is 16.9. The molecule has 0 aromatic heterocycles. The molecule has 64 heavy (non-hydrogen) atoms. The lowest BCUT2D eigenvalue weighted by Gasteiger charge is -2.39. The number of benzene rings is 10. The monoisotopic (exact) mass is 816 g/mol. The van der Waals surface area contributed by atoms with E-state index in [9.17, 15) is 0 Å². The van der Waals surface area contributed by atoms with E-state index in [1.807, 2.05) is 12.2 Å². The first-order valence-corrected chi connectivity index (χ1v) is 22.1. The van der Waals surface area contributed by atoms with E-state index in [4.69, 9.17) is 0 Å². The van der Waals surface area contributed by atoms with Crippen LogP contribution in [0.5, 0.6) is 0 Å². The second-order valence-electron chi connectivity index (χ2n) is 16.9. The third-order valence-corrected chi connectivity index (χ3v) is 13.5. The Bertz CT molecular complexity index is 3650. The molecule has 0 spiro atoms. The molecule has 10 aromatic carbocycles. The van der Waals surface area contributed by atoms with Crippen molar-refractivity contribution in [1.82, 2.24) is 0 Å². The summed E-state index contributed by atoms with van der Waals surface area (Å²) in [6.45, 7) is 8.09. The van der Waals surface area contributed by atoms with E-state index in [1.54, 1.807) is 0 Å². The summed E-state index contributed by atoms with van der Waals surface area (Å²) in [5.74, 6) is 0.207. The molecule has 0 radical (unpaired) electrons. The summed E-state index contributed by atoms with van der Waals surface area (Å²) < 4.78 is 0.